The zero-order valence-electron chi connectivity index (χ0n) is 58.4. The average Bonchev–Trinajstić information content (AvgIpc) is 1.21. The number of likely N-dealkylation sites (tertiary alicyclic amines) is 3. The van der Waals surface area contributed by atoms with E-state index in [4.69, 9.17) is 28.4 Å². The van der Waals surface area contributed by atoms with E-state index in [-0.39, 0.29) is 55.0 Å². The molecule has 6 aliphatic rings. The van der Waals surface area contributed by atoms with Gasteiger partial charge in [-0.2, -0.15) is 10.2 Å². The quantitative estimate of drug-likeness (QED) is 0.0419. The summed E-state index contributed by atoms with van der Waals surface area (Å²) in [6.45, 7) is 13.5. The third-order valence-corrected chi connectivity index (χ3v) is 20.0. The molecule has 5 aromatic carbocycles. The van der Waals surface area contributed by atoms with Crippen LogP contribution in [0.3, 0.4) is 0 Å². The second kappa shape index (κ2) is 31.1. The summed E-state index contributed by atoms with van der Waals surface area (Å²) in [5.74, 6) is 3.85. The molecule has 3 saturated heterocycles. The topological polar surface area (TPSA) is 260 Å². The van der Waals surface area contributed by atoms with E-state index < -0.39 is 24.1 Å². The number of aromatic nitrogens is 10. The minimum absolute atomic E-state index is 0.117. The number of rotatable bonds is 21. The zero-order chi connectivity index (χ0) is 73.0. The summed E-state index contributed by atoms with van der Waals surface area (Å²) < 4.78 is 87.8. The van der Waals surface area contributed by atoms with Crippen LogP contribution in [-0.2, 0) is 0 Å². The molecular formula is C80H77F4N13O9. The van der Waals surface area contributed by atoms with Gasteiger partial charge >= 0.3 is 0 Å². The van der Waals surface area contributed by atoms with Gasteiger partial charge < -0.3 is 43.7 Å². The number of nitrogens with zero attached hydrogens (tertiary/aromatic N) is 11. The van der Waals surface area contributed by atoms with Crippen molar-refractivity contribution in [1.82, 2.24) is 65.0 Å². The first-order valence-electron chi connectivity index (χ1n) is 35.1. The molecule has 22 nitrogen and oxygen atoms in total. The molecule has 0 amide bonds. The molecule has 11 aromatic rings. The van der Waals surface area contributed by atoms with Gasteiger partial charge in [0.25, 0.3) is 0 Å². The fourth-order valence-corrected chi connectivity index (χ4v) is 14.3. The Kier molecular flexibility index (Phi) is 20.6. The van der Waals surface area contributed by atoms with E-state index >= 15 is 0 Å². The van der Waals surface area contributed by atoms with E-state index in [1.54, 1.807) is 91.6 Å². The first-order chi connectivity index (χ1) is 51.7. The zero-order valence-corrected chi connectivity index (χ0v) is 58.4. The summed E-state index contributed by atoms with van der Waals surface area (Å²) in [4.78, 5) is 33.3. The number of hydrogen-bond donors (Lipinski definition) is 5. The van der Waals surface area contributed by atoms with E-state index in [0.717, 1.165) is 142 Å². The Labute approximate surface area is 607 Å². The maximum atomic E-state index is 13.5. The monoisotopic (exact) mass is 1440 g/mol. The number of halogens is 4. The number of ether oxygens (including phenoxy) is 6. The highest BCUT2D eigenvalue weighted by Crippen LogP contribution is 2.51. The molecule has 106 heavy (non-hydrogen) atoms. The minimum atomic E-state index is -0.629. The molecule has 3 unspecified atom stereocenters. The van der Waals surface area contributed by atoms with Gasteiger partial charge in [-0.15, -0.1) is 0 Å². The van der Waals surface area contributed by atoms with Crippen LogP contribution in [0.2, 0.25) is 0 Å². The highest BCUT2D eigenvalue weighted by atomic mass is 19.1. The van der Waals surface area contributed by atoms with Crippen molar-refractivity contribution in [2.75, 3.05) is 98.7 Å². The summed E-state index contributed by atoms with van der Waals surface area (Å²) >= 11 is 0. The van der Waals surface area contributed by atoms with Crippen molar-refractivity contribution in [2.45, 2.75) is 39.1 Å². The van der Waals surface area contributed by atoms with Crippen LogP contribution in [0.1, 0.15) is 89.5 Å². The number of H-pyrrole nitrogens is 2. The van der Waals surface area contributed by atoms with Crippen molar-refractivity contribution in [1.29, 1.82) is 0 Å². The lowest BCUT2D eigenvalue weighted by Gasteiger charge is -2.37. The van der Waals surface area contributed by atoms with Crippen molar-refractivity contribution in [3.8, 4) is 52.1 Å². The van der Waals surface area contributed by atoms with E-state index in [2.05, 4.69) is 78.0 Å². The number of aromatic amines is 2. The Balaban J connectivity index is 0.000000127. The van der Waals surface area contributed by atoms with Gasteiger partial charge in [0.05, 0.1) is 80.1 Å². The number of pyridine rings is 2. The number of nitrogens with one attached hydrogen (secondary N) is 2. The maximum Gasteiger partial charge on any atom is 0.232 e. The highest BCUT2D eigenvalue weighted by molar-refractivity contribution is 6.04. The van der Waals surface area contributed by atoms with Crippen molar-refractivity contribution in [2.24, 2.45) is 17.8 Å². The maximum absolute atomic E-state index is 13.5. The Morgan fingerprint density at radius 3 is 1.26 bits per heavy atom. The smallest absolute Gasteiger partial charge is 0.232 e. The molecule has 3 fully saturated rings. The number of phenolic OH excluding ortho intramolecular Hbond substituents is 3. The molecule has 26 heteroatoms. The number of hydrogen-bond acceptors (Lipinski definition) is 20. The second-order valence-corrected chi connectivity index (χ2v) is 27.2. The number of benzene rings is 5. The van der Waals surface area contributed by atoms with Crippen molar-refractivity contribution in [3.05, 3.63) is 221 Å². The van der Waals surface area contributed by atoms with Gasteiger partial charge in [-0.05, 0) is 134 Å². The number of fused-ring (bicyclic) bond motifs is 5. The summed E-state index contributed by atoms with van der Waals surface area (Å²) in [6.07, 6.45) is 11.4. The van der Waals surface area contributed by atoms with E-state index in [0.29, 0.717) is 83.9 Å². The summed E-state index contributed by atoms with van der Waals surface area (Å²) in [7, 11) is 0. The Morgan fingerprint density at radius 2 is 0.849 bits per heavy atom. The third-order valence-electron chi connectivity index (χ3n) is 20.0. The summed E-state index contributed by atoms with van der Waals surface area (Å²) in [5.41, 5.74) is 14.4. The van der Waals surface area contributed by atoms with E-state index in [1.165, 1.54) is 12.3 Å². The molecule has 544 valence electrons. The molecule has 6 aromatic heterocycles. The fraction of sp³-hybridized carbons (Fsp3) is 0.300. The van der Waals surface area contributed by atoms with Crippen LogP contribution in [0.5, 0.6) is 52.1 Å². The molecule has 0 saturated carbocycles. The molecular weight excluding hydrogens is 1360 g/mol. The lowest BCUT2D eigenvalue weighted by Crippen LogP contribution is -2.49. The van der Waals surface area contributed by atoms with Gasteiger partial charge in [-0.25, -0.2) is 29.3 Å². The minimum Gasteiger partial charge on any atom is -0.508 e. The Bertz CT molecular complexity index is 4830. The van der Waals surface area contributed by atoms with Crippen molar-refractivity contribution in [3.63, 3.8) is 0 Å². The van der Waals surface area contributed by atoms with Gasteiger partial charge in [0.2, 0.25) is 17.6 Å². The summed E-state index contributed by atoms with van der Waals surface area (Å²) in [6, 6.07) is 33.9. The van der Waals surface area contributed by atoms with Crippen LogP contribution in [0.15, 0.2) is 165 Å². The van der Waals surface area contributed by atoms with Crippen LogP contribution in [0, 0.1) is 23.6 Å². The first-order valence-corrected chi connectivity index (χ1v) is 35.1. The number of phenols is 3. The van der Waals surface area contributed by atoms with Crippen LogP contribution in [0.4, 0.5) is 17.6 Å². The molecule has 3 atom stereocenters. The van der Waals surface area contributed by atoms with E-state index in [1.807, 2.05) is 62.5 Å². The number of aromatic hydroxyl groups is 3. The van der Waals surface area contributed by atoms with Crippen LogP contribution in [0.25, 0.3) is 55.2 Å². The predicted octanol–water partition coefficient (Wildman–Crippen LogP) is 13.5. The van der Waals surface area contributed by atoms with Crippen molar-refractivity contribution < 1.29 is 61.3 Å². The first kappa shape index (κ1) is 70.2. The highest BCUT2D eigenvalue weighted by Gasteiger charge is 2.36. The van der Waals surface area contributed by atoms with E-state index in [9.17, 15) is 32.9 Å². The number of allylic oxidation sites excluding steroid dienone is 3. The van der Waals surface area contributed by atoms with Crippen LogP contribution < -0.4 is 28.4 Å². The normalized spacial score (nSPS) is 18.2. The lowest BCUT2D eigenvalue weighted by molar-refractivity contribution is 0.0661. The second-order valence-electron chi connectivity index (χ2n) is 27.2. The van der Waals surface area contributed by atoms with Gasteiger partial charge in [0, 0.05) is 139 Å². The molecule has 5 N–H and O–H groups in total. The SMILES string of the molecule is CC1=C(c2ccc(F)cn2)C(c2cnc(OCCN3CC(CF)C3)cn2)Oc2ccc(O)cc21.CC1=C(c2cccc3[nH]ncc23)C(c2ccc(OCCN3CC(CF)C3)nc2)Oc2ccc(O)cc21.CC1=C(c2cccc3[nH]ncc23)C(c2cnc(OCCN3CC(CF)C3)cn2)Oc2ccc(O)cc21. The van der Waals surface area contributed by atoms with Gasteiger partial charge in [-0.3, -0.25) is 43.1 Å². The summed E-state index contributed by atoms with van der Waals surface area (Å²) in [5, 5.41) is 46.7. The molecule has 12 heterocycles. The van der Waals surface area contributed by atoms with Gasteiger partial charge in [0.1, 0.15) is 71.5 Å². The molecule has 17 rings (SSSR count). The molecule has 0 aliphatic carbocycles. The third kappa shape index (κ3) is 15.0. The average molecular weight is 1440 g/mol. The fourth-order valence-electron chi connectivity index (χ4n) is 14.3. The molecule has 0 spiro atoms. The lowest BCUT2D eigenvalue weighted by atomic mass is 9.85. The largest absolute Gasteiger partial charge is 0.508 e. The number of alkyl halides is 3. The van der Waals surface area contributed by atoms with Gasteiger partial charge in [-0.1, -0.05) is 24.3 Å². The Morgan fingerprint density at radius 1 is 0.425 bits per heavy atom. The molecule has 6 aliphatic heterocycles. The molecule has 0 radical (unpaired) electrons. The van der Waals surface area contributed by atoms with Gasteiger partial charge in [0.15, 0.2) is 18.3 Å². The molecule has 0 bridgehead atoms. The van der Waals surface area contributed by atoms with Crippen LogP contribution in [-0.4, -0.2) is 179 Å². The van der Waals surface area contributed by atoms with Crippen molar-refractivity contribution >= 4 is 55.2 Å². The predicted molar refractivity (Wildman–Crippen MR) is 391 cm³/mol. The standard InChI is InChI=1S/C28H27FN4O3.C27H26FN5O3.C25H24F2N4O3/c1-17-22-11-20(34)6-7-25(22)36-28(27(17)21-3-2-4-24-23(21)14-31-32-24)19-5-8-26(30-13-19)35-10-9-33-15-18(12-29)16-33;1-16-20-9-18(34)5-6-24(20)36-27(26(16)19-3-2-4-22-21(19)11-31-32-22)23-12-30-25(13-29-23)35-8-7-33-14-17(10-28)15-33;1-15-19-8-18(32)3-5-22(19)34-25(24(15)20-4-2-17(27)10-28-20)21-11-30-23(12-29-21)33-7-6-31-13-16(9-26)14-31/h2-8,11,13-14,18,28,34H,9-10,12,15-16H2,1H3,(H,31,32);2-6,9,11-13,17,27,34H,7-8,10,14-15H2,1H3,(H,31,32);2-5,8,10-12,16,25,32H,6-7,9,13-14H2,1H3. The van der Waals surface area contributed by atoms with Crippen LogP contribution >= 0.6 is 0 Å². The Hall–Kier alpha value is -11.5.